The number of nitrogens with zero attached hydrogens (tertiary/aromatic N) is 2. The van der Waals surface area contributed by atoms with Crippen LogP contribution in [0.1, 0.15) is 52.1 Å². The van der Waals surface area contributed by atoms with E-state index in [0.717, 1.165) is 31.4 Å². The minimum Gasteiger partial charge on any atom is -0.414 e. The van der Waals surface area contributed by atoms with E-state index < -0.39 is 13.7 Å². The molecule has 126 valence electrons. The van der Waals surface area contributed by atoms with Crippen LogP contribution in [0.15, 0.2) is 18.3 Å². The van der Waals surface area contributed by atoms with E-state index in [1.54, 1.807) is 6.20 Å². The van der Waals surface area contributed by atoms with E-state index in [2.05, 4.69) is 44.9 Å². The molecule has 4 nitrogen and oxygen atoms in total. The maximum Gasteiger partial charge on any atom is 0.192 e. The van der Waals surface area contributed by atoms with Crippen LogP contribution in [0.5, 0.6) is 0 Å². The standard InChI is InChI=1S/C18H29N3OSi/c1-17(2,3)23(4,5)22-15-8-10-18(13-19,11-9-15)16-7-6-14(20)12-21-16/h6-7,12,15H,8-11,20H2,1-5H3/t15-,18-. The van der Waals surface area contributed by atoms with Gasteiger partial charge in [-0.2, -0.15) is 5.26 Å². The van der Waals surface area contributed by atoms with Gasteiger partial charge in [0.1, 0.15) is 0 Å². The van der Waals surface area contributed by atoms with Gasteiger partial charge in [0.15, 0.2) is 8.32 Å². The molecule has 2 rings (SSSR count). The monoisotopic (exact) mass is 331 g/mol. The Morgan fingerprint density at radius 3 is 2.35 bits per heavy atom. The van der Waals surface area contributed by atoms with E-state index >= 15 is 0 Å². The molecule has 0 aromatic carbocycles. The lowest BCUT2D eigenvalue weighted by Crippen LogP contribution is -2.46. The van der Waals surface area contributed by atoms with Gasteiger partial charge in [-0.15, -0.1) is 0 Å². The van der Waals surface area contributed by atoms with Crippen molar-refractivity contribution in [1.82, 2.24) is 4.98 Å². The number of hydrogen-bond donors (Lipinski definition) is 1. The lowest BCUT2D eigenvalue weighted by Gasteiger charge is -2.42. The molecule has 1 aliphatic carbocycles. The number of anilines is 1. The van der Waals surface area contributed by atoms with Gasteiger partial charge in [0, 0.05) is 6.10 Å². The molecule has 5 heteroatoms. The van der Waals surface area contributed by atoms with Crippen molar-refractivity contribution in [2.75, 3.05) is 5.73 Å². The molecular formula is C18H29N3OSi. The molecule has 0 radical (unpaired) electrons. The van der Waals surface area contributed by atoms with Crippen LogP contribution in [0.4, 0.5) is 5.69 Å². The molecule has 1 fully saturated rings. The molecule has 0 unspecified atom stereocenters. The summed E-state index contributed by atoms with van der Waals surface area (Å²) in [7, 11) is -1.75. The summed E-state index contributed by atoms with van der Waals surface area (Å²) in [6.45, 7) is 11.4. The van der Waals surface area contributed by atoms with Crippen molar-refractivity contribution in [2.24, 2.45) is 0 Å². The first-order valence-electron chi connectivity index (χ1n) is 8.41. The SMILES string of the molecule is CC(C)(C)[Si](C)(C)O[C@H]1CC[C@](C#N)(c2ccc(N)cn2)CC1. The van der Waals surface area contributed by atoms with Crippen LogP contribution in [-0.4, -0.2) is 19.4 Å². The van der Waals surface area contributed by atoms with Crippen molar-refractivity contribution in [3.63, 3.8) is 0 Å². The first-order valence-corrected chi connectivity index (χ1v) is 11.3. The molecule has 0 amide bonds. The maximum absolute atomic E-state index is 9.76. The van der Waals surface area contributed by atoms with Crippen LogP contribution in [0, 0.1) is 11.3 Å². The Balaban J connectivity index is 2.07. The van der Waals surface area contributed by atoms with E-state index in [-0.39, 0.29) is 11.1 Å². The predicted molar refractivity (Wildman–Crippen MR) is 96.5 cm³/mol. The molecule has 1 saturated carbocycles. The quantitative estimate of drug-likeness (QED) is 0.834. The predicted octanol–water partition coefficient (Wildman–Crippen LogP) is 4.39. The van der Waals surface area contributed by atoms with Crippen molar-refractivity contribution < 1.29 is 4.43 Å². The highest BCUT2D eigenvalue weighted by atomic mass is 28.4. The third-order valence-corrected chi connectivity index (χ3v) is 10.1. The smallest absolute Gasteiger partial charge is 0.192 e. The molecule has 0 aliphatic heterocycles. The van der Waals surface area contributed by atoms with Crippen LogP contribution in [0.25, 0.3) is 0 Å². The lowest BCUT2D eigenvalue weighted by atomic mass is 9.72. The van der Waals surface area contributed by atoms with Crippen molar-refractivity contribution in [3.8, 4) is 6.07 Å². The van der Waals surface area contributed by atoms with Crippen LogP contribution >= 0.6 is 0 Å². The summed E-state index contributed by atoms with van der Waals surface area (Å²) >= 11 is 0. The number of pyridine rings is 1. The average Bonchev–Trinajstić information content (AvgIpc) is 2.48. The topological polar surface area (TPSA) is 71.9 Å². The van der Waals surface area contributed by atoms with Gasteiger partial charge in [0.05, 0.1) is 29.1 Å². The summed E-state index contributed by atoms with van der Waals surface area (Å²) in [5, 5.41) is 9.98. The fourth-order valence-electron chi connectivity index (χ4n) is 2.91. The highest BCUT2D eigenvalue weighted by molar-refractivity contribution is 6.74. The second-order valence-corrected chi connectivity index (χ2v) is 13.0. The number of nitriles is 1. The number of rotatable bonds is 3. The van der Waals surface area contributed by atoms with Crippen molar-refractivity contribution >= 4 is 14.0 Å². The Labute approximate surface area is 141 Å². The van der Waals surface area contributed by atoms with E-state index in [1.165, 1.54) is 0 Å². The molecule has 1 heterocycles. The van der Waals surface area contributed by atoms with Crippen LogP contribution < -0.4 is 5.73 Å². The fourth-order valence-corrected chi connectivity index (χ4v) is 4.33. The molecule has 0 saturated heterocycles. The van der Waals surface area contributed by atoms with E-state index in [1.807, 2.05) is 12.1 Å². The number of nitrogens with two attached hydrogens (primary N) is 1. The maximum atomic E-state index is 9.76. The summed E-state index contributed by atoms with van der Waals surface area (Å²) in [5.74, 6) is 0. The second kappa shape index (κ2) is 6.25. The molecule has 0 atom stereocenters. The lowest BCUT2D eigenvalue weighted by molar-refractivity contribution is 0.116. The Morgan fingerprint density at radius 2 is 1.91 bits per heavy atom. The summed E-state index contributed by atoms with van der Waals surface area (Å²) in [4.78, 5) is 4.40. The molecule has 1 aromatic heterocycles. The van der Waals surface area contributed by atoms with Crippen molar-refractivity contribution in [2.45, 2.75) is 76.1 Å². The number of aromatic nitrogens is 1. The van der Waals surface area contributed by atoms with Gasteiger partial charge in [-0.25, -0.2) is 0 Å². The zero-order valence-corrected chi connectivity index (χ0v) is 16.0. The highest BCUT2D eigenvalue weighted by Crippen LogP contribution is 2.43. The Kier molecular flexibility index (Phi) is 4.88. The van der Waals surface area contributed by atoms with Gasteiger partial charge < -0.3 is 10.2 Å². The zero-order valence-electron chi connectivity index (χ0n) is 15.0. The molecule has 1 aromatic rings. The molecular weight excluding hydrogens is 302 g/mol. The average molecular weight is 332 g/mol. The van der Waals surface area contributed by atoms with E-state index in [0.29, 0.717) is 5.69 Å². The molecule has 23 heavy (non-hydrogen) atoms. The first kappa shape index (κ1) is 18.0. The third kappa shape index (κ3) is 3.76. The van der Waals surface area contributed by atoms with Crippen molar-refractivity contribution in [1.29, 1.82) is 5.26 Å². The summed E-state index contributed by atoms with van der Waals surface area (Å²) in [6, 6.07) is 6.25. The van der Waals surface area contributed by atoms with Crippen molar-refractivity contribution in [3.05, 3.63) is 24.0 Å². The second-order valence-electron chi connectivity index (χ2n) is 8.25. The molecule has 1 aliphatic rings. The minimum absolute atomic E-state index is 0.218. The van der Waals surface area contributed by atoms with E-state index in [9.17, 15) is 5.26 Å². The largest absolute Gasteiger partial charge is 0.414 e. The Hall–Kier alpha value is -1.38. The van der Waals surface area contributed by atoms with Gasteiger partial charge in [-0.1, -0.05) is 20.8 Å². The van der Waals surface area contributed by atoms with Gasteiger partial charge in [-0.05, 0) is 55.9 Å². The van der Waals surface area contributed by atoms with Gasteiger partial charge in [0.2, 0.25) is 0 Å². The molecule has 0 bridgehead atoms. The Morgan fingerprint density at radius 1 is 1.30 bits per heavy atom. The summed E-state index contributed by atoms with van der Waals surface area (Å²) in [6.07, 6.45) is 5.37. The Bertz CT molecular complexity index is 576. The molecule has 2 N–H and O–H groups in total. The number of hydrogen-bond acceptors (Lipinski definition) is 4. The van der Waals surface area contributed by atoms with Crippen LogP contribution in [0.2, 0.25) is 18.1 Å². The molecule has 0 spiro atoms. The summed E-state index contributed by atoms with van der Waals surface area (Å²) in [5.41, 5.74) is 6.71. The van der Waals surface area contributed by atoms with Gasteiger partial charge in [-0.3, -0.25) is 4.98 Å². The highest BCUT2D eigenvalue weighted by Gasteiger charge is 2.43. The van der Waals surface area contributed by atoms with Gasteiger partial charge >= 0.3 is 0 Å². The zero-order chi connectivity index (χ0) is 17.3. The fraction of sp³-hybridized carbons (Fsp3) is 0.667. The number of nitrogen functional groups attached to an aromatic ring is 1. The van der Waals surface area contributed by atoms with Gasteiger partial charge in [0.25, 0.3) is 0 Å². The minimum atomic E-state index is -1.75. The van der Waals surface area contributed by atoms with E-state index in [4.69, 9.17) is 10.2 Å². The van der Waals surface area contributed by atoms with Crippen LogP contribution in [0.3, 0.4) is 0 Å². The van der Waals surface area contributed by atoms with Crippen LogP contribution in [-0.2, 0) is 9.84 Å². The first-order chi connectivity index (χ1) is 10.6. The third-order valence-electron chi connectivity index (χ3n) is 5.54. The normalized spacial score (nSPS) is 25.8. The summed E-state index contributed by atoms with van der Waals surface area (Å²) < 4.78 is 6.53.